The molecule has 1 aromatic rings. The molecule has 0 radical (unpaired) electrons. The first-order valence-corrected chi connectivity index (χ1v) is 8.93. The van der Waals surface area contributed by atoms with Crippen LogP contribution in [-0.2, 0) is 0 Å². The fourth-order valence-corrected chi connectivity index (χ4v) is 3.70. The van der Waals surface area contributed by atoms with E-state index >= 15 is 0 Å². The average molecular weight is 303 g/mol. The van der Waals surface area contributed by atoms with Gasteiger partial charge < -0.3 is 10.2 Å². The van der Waals surface area contributed by atoms with Gasteiger partial charge in [0, 0.05) is 24.0 Å². The van der Waals surface area contributed by atoms with Crippen LogP contribution in [0.25, 0.3) is 0 Å². The number of hydrogen-bond donors (Lipinski definition) is 1. The highest BCUT2D eigenvalue weighted by Crippen LogP contribution is 2.30. The Morgan fingerprint density at radius 3 is 2.86 bits per heavy atom. The van der Waals surface area contributed by atoms with Crippen LogP contribution in [0.2, 0.25) is 0 Å². The zero-order valence-corrected chi connectivity index (χ0v) is 13.9. The molecule has 1 aliphatic heterocycles. The van der Waals surface area contributed by atoms with E-state index in [1.807, 2.05) is 0 Å². The lowest BCUT2D eigenvalue weighted by Crippen LogP contribution is -2.44. The van der Waals surface area contributed by atoms with Gasteiger partial charge >= 0.3 is 0 Å². The number of nitrogens with one attached hydrogen (secondary N) is 1. The number of thioether (sulfide) groups is 1. The number of piperidine rings is 1. The van der Waals surface area contributed by atoms with Crippen LogP contribution in [0.5, 0.6) is 0 Å². The zero-order valence-electron chi connectivity index (χ0n) is 13.1. The highest BCUT2D eigenvalue weighted by molar-refractivity contribution is 7.99. The molecule has 114 valence electrons. The van der Waals surface area contributed by atoms with Crippen LogP contribution in [0.4, 0.5) is 5.69 Å². The van der Waals surface area contributed by atoms with Gasteiger partial charge in [-0.25, -0.2) is 0 Å². The van der Waals surface area contributed by atoms with Crippen molar-refractivity contribution >= 4 is 17.4 Å². The van der Waals surface area contributed by atoms with Gasteiger partial charge in [0.1, 0.15) is 6.07 Å². The Kier molecular flexibility index (Phi) is 6.41. The zero-order chi connectivity index (χ0) is 15.1. The molecule has 0 spiro atoms. The molecule has 1 unspecified atom stereocenters. The third-order valence-corrected chi connectivity index (χ3v) is 4.93. The standard InChI is InChI=1S/C17H25N3S/c1-3-20(13-14-8-5-6-11-19-14)16-9-7-10-17(21-4-2)15(16)12-18/h7,9-10,14,19H,3-6,8,11,13H2,1-2H3. The molecule has 0 bridgehead atoms. The van der Waals surface area contributed by atoms with Gasteiger partial charge in [-0.15, -0.1) is 11.8 Å². The number of rotatable bonds is 6. The molecule has 1 aromatic carbocycles. The van der Waals surface area contributed by atoms with E-state index in [0.29, 0.717) is 6.04 Å². The number of nitrogens with zero attached hydrogens (tertiary/aromatic N) is 2. The van der Waals surface area contributed by atoms with Gasteiger partial charge in [-0.05, 0) is 44.2 Å². The summed E-state index contributed by atoms with van der Waals surface area (Å²) < 4.78 is 0. The van der Waals surface area contributed by atoms with Gasteiger partial charge in [0.05, 0.1) is 11.3 Å². The van der Waals surface area contributed by atoms with Crippen LogP contribution in [0.1, 0.15) is 38.7 Å². The third kappa shape index (κ3) is 4.15. The van der Waals surface area contributed by atoms with E-state index in [-0.39, 0.29) is 0 Å². The molecule has 4 heteroatoms. The Balaban J connectivity index is 2.20. The van der Waals surface area contributed by atoms with E-state index in [1.165, 1.54) is 19.3 Å². The molecular weight excluding hydrogens is 278 g/mol. The Hall–Kier alpha value is -1.18. The van der Waals surface area contributed by atoms with Crippen molar-refractivity contribution in [3.05, 3.63) is 23.8 Å². The predicted molar refractivity (Wildman–Crippen MR) is 91.1 cm³/mol. The largest absolute Gasteiger partial charge is 0.369 e. The molecule has 1 N–H and O–H groups in total. The number of anilines is 1. The molecule has 0 aliphatic carbocycles. The summed E-state index contributed by atoms with van der Waals surface area (Å²) in [7, 11) is 0. The monoisotopic (exact) mass is 303 g/mol. The highest BCUT2D eigenvalue weighted by atomic mass is 32.2. The maximum atomic E-state index is 9.57. The van der Waals surface area contributed by atoms with E-state index in [0.717, 1.165) is 41.5 Å². The first-order chi connectivity index (χ1) is 10.3. The van der Waals surface area contributed by atoms with E-state index in [1.54, 1.807) is 11.8 Å². The van der Waals surface area contributed by atoms with Gasteiger partial charge in [-0.3, -0.25) is 0 Å². The van der Waals surface area contributed by atoms with Crippen molar-refractivity contribution in [2.45, 2.75) is 44.0 Å². The average Bonchev–Trinajstić information content (AvgIpc) is 2.54. The van der Waals surface area contributed by atoms with Gasteiger partial charge in [0.25, 0.3) is 0 Å². The molecule has 21 heavy (non-hydrogen) atoms. The maximum absolute atomic E-state index is 9.57. The van der Waals surface area contributed by atoms with Crippen molar-refractivity contribution in [2.24, 2.45) is 0 Å². The van der Waals surface area contributed by atoms with Crippen molar-refractivity contribution in [2.75, 3.05) is 30.3 Å². The van der Waals surface area contributed by atoms with Gasteiger partial charge in [-0.2, -0.15) is 5.26 Å². The highest BCUT2D eigenvalue weighted by Gasteiger charge is 2.19. The minimum absolute atomic E-state index is 0.549. The topological polar surface area (TPSA) is 39.1 Å². The molecule has 2 rings (SSSR count). The summed E-state index contributed by atoms with van der Waals surface area (Å²) in [6.45, 7) is 7.35. The Labute approximate surface area is 132 Å². The second-order valence-corrected chi connectivity index (χ2v) is 6.69. The normalized spacial score (nSPS) is 18.2. The van der Waals surface area contributed by atoms with Crippen LogP contribution >= 0.6 is 11.8 Å². The lowest BCUT2D eigenvalue weighted by molar-refractivity contribution is 0.400. The lowest BCUT2D eigenvalue weighted by Gasteiger charge is -2.32. The van der Waals surface area contributed by atoms with Crippen LogP contribution < -0.4 is 10.2 Å². The van der Waals surface area contributed by atoms with Crippen molar-refractivity contribution in [3.63, 3.8) is 0 Å². The lowest BCUT2D eigenvalue weighted by atomic mass is 10.0. The summed E-state index contributed by atoms with van der Waals surface area (Å²) in [5.41, 5.74) is 1.92. The number of hydrogen-bond acceptors (Lipinski definition) is 4. The Bertz CT molecular complexity index is 489. The third-order valence-electron chi connectivity index (χ3n) is 3.99. The molecule has 0 amide bonds. The van der Waals surface area contributed by atoms with E-state index in [4.69, 9.17) is 0 Å². The molecule has 0 saturated carbocycles. The van der Waals surface area contributed by atoms with Crippen LogP contribution in [0.15, 0.2) is 23.1 Å². The second-order valence-electron chi connectivity index (χ2n) is 5.38. The quantitative estimate of drug-likeness (QED) is 0.814. The predicted octanol–water partition coefficient (Wildman–Crippen LogP) is 3.64. The summed E-state index contributed by atoms with van der Waals surface area (Å²) in [6, 6.07) is 9.19. The summed E-state index contributed by atoms with van der Waals surface area (Å²) in [5, 5.41) is 13.2. The molecule has 3 nitrogen and oxygen atoms in total. The first kappa shape index (κ1) is 16.2. The molecular formula is C17H25N3S. The molecule has 1 heterocycles. The van der Waals surface area contributed by atoms with Crippen molar-refractivity contribution < 1.29 is 0 Å². The summed E-state index contributed by atoms with van der Waals surface area (Å²) >= 11 is 1.75. The van der Waals surface area contributed by atoms with Crippen molar-refractivity contribution in [1.82, 2.24) is 5.32 Å². The summed E-state index contributed by atoms with van der Waals surface area (Å²) in [6.07, 6.45) is 3.84. The smallest absolute Gasteiger partial charge is 0.103 e. The Morgan fingerprint density at radius 2 is 2.24 bits per heavy atom. The van der Waals surface area contributed by atoms with Crippen LogP contribution in [0.3, 0.4) is 0 Å². The summed E-state index contributed by atoms with van der Waals surface area (Å²) in [4.78, 5) is 3.45. The fourth-order valence-electron chi connectivity index (χ4n) is 2.91. The minimum atomic E-state index is 0.549. The van der Waals surface area contributed by atoms with E-state index < -0.39 is 0 Å². The van der Waals surface area contributed by atoms with E-state index in [9.17, 15) is 5.26 Å². The van der Waals surface area contributed by atoms with Crippen molar-refractivity contribution in [1.29, 1.82) is 5.26 Å². The fraction of sp³-hybridized carbons (Fsp3) is 0.588. The Morgan fingerprint density at radius 1 is 1.38 bits per heavy atom. The number of nitriles is 1. The number of benzene rings is 1. The minimum Gasteiger partial charge on any atom is -0.369 e. The van der Waals surface area contributed by atoms with Crippen molar-refractivity contribution in [3.8, 4) is 6.07 Å². The van der Waals surface area contributed by atoms with Gasteiger partial charge in [0.15, 0.2) is 0 Å². The summed E-state index contributed by atoms with van der Waals surface area (Å²) in [5.74, 6) is 0.994. The molecule has 0 aromatic heterocycles. The second kappa shape index (κ2) is 8.31. The van der Waals surface area contributed by atoms with Crippen LogP contribution in [0, 0.1) is 11.3 Å². The SMILES string of the molecule is CCSc1cccc(N(CC)CC2CCCCN2)c1C#N. The molecule has 1 atom stereocenters. The molecule has 1 fully saturated rings. The van der Waals surface area contributed by atoms with Gasteiger partial charge in [0.2, 0.25) is 0 Å². The molecule has 1 aliphatic rings. The number of likely N-dealkylation sites (N-methyl/N-ethyl adjacent to an activating group) is 1. The van der Waals surface area contributed by atoms with E-state index in [2.05, 4.69) is 48.3 Å². The molecule has 1 saturated heterocycles. The first-order valence-electron chi connectivity index (χ1n) is 7.94. The van der Waals surface area contributed by atoms with Crippen LogP contribution in [-0.4, -0.2) is 31.4 Å². The maximum Gasteiger partial charge on any atom is 0.103 e. The van der Waals surface area contributed by atoms with Gasteiger partial charge in [-0.1, -0.05) is 19.4 Å².